The molecule has 0 amide bonds. The van der Waals surface area contributed by atoms with Crippen molar-refractivity contribution >= 4 is 17.1 Å². The van der Waals surface area contributed by atoms with Crippen LogP contribution >= 0.6 is 0 Å². The van der Waals surface area contributed by atoms with E-state index in [0.29, 0.717) is 24.5 Å². The lowest BCUT2D eigenvalue weighted by Crippen LogP contribution is -2.11. The molecule has 2 aromatic heterocycles. The van der Waals surface area contributed by atoms with E-state index in [1.165, 1.54) is 0 Å². The lowest BCUT2D eigenvalue weighted by Gasteiger charge is -1.97. The molecular weight excluding hydrogens is 212 g/mol. The van der Waals surface area contributed by atoms with Gasteiger partial charge in [0.15, 0.2) is 11.2 Å². The van der Waals surface area contributed by atoms with E-state index in [-0.39, 0.29) is 23.8 Å². The Bertz CT molecular complexity index is 545. The number of fused-ring (bicyclic) bond motifs is 1. The number of nitrogens with zero attached hydrogens (tertiary/aromatic N) is 2. The topological polar surface area (TPSA) is 136 Å². The van der Waals surface area contributed by atoms with Gasteiger partial charge in [0.25, 0.3) is 5.56 Å². The van der Waals surface area contributed by atoms with E-state index in [0.717, 1.165) is 0 Å². The quantitative estimate of drug-likeness (QED) is 0.477. The molecule has 8 heteroatoms. The molecule has 0 aliphatic heterocycles. The summed E-state index contributed by atoms with van der Waals surface area (Å²) >= 11 is 0. The zero-order chi connectivity index (χ0) is 11.5. The van der Waals surface area contributed by atoms with Crippen LogP contribution in [0.5, 0.6) is 0 Å². The second-order valence-electron chi connectivity index (χ2n) is 3.17. The predicted octanol–water partition coefficient (Wildman–Crippen LogP) is -1.30. The van der Waals surface area contributed by atoms with Crippen LogP contribution in [0.2, 0.25) is 0 Å². The van der Waals surface area contributed by atoms with Gasteiger partial charge in [0.2, 0.25) is 5.95 Å². The Hall–Kier alpha value is -1.93. The Morgan fingerprint density at radius 2 is 2.12 bits per heavy atom. The van der Waals surface area contributed by atoms with Gasteiger partial charge in [0.1, 0.15) is 12.4 Å². The van der Waals surface area contributed by atoms with Crippen molar-refractivity contribution in [2.75, 3.05) is 18.9 Å². The lowest BCUT2D eigenvalue weighted by atomic mass is 10.5. The van der Waals surface area contributed by atoms with Crippen LogP contribution in [0, 0.1) is 0 Å². The molecule has 86 valence electrons. The van der Waals surface area contributed by atoms with E-state index in [1.807, 2.05) is 0 Å². The number of nitrogen functional groups attached to an aromatic ring is 1. The van der Waals surface area contributed by atoms with Gasteiger partial charge in [-0.25, -0.2) is 4.98 Å². The van der Waals surface area contributed by atoms with Gasteiger partial charge in [-0.2, -0.15) is 4.98 Å². The van der Waals surface area contributed by atoms with E-state index in [2.05, 4.69) is 19.9 Å². The van der Waals surface area contributed by atoms with Gasteiger partial charge in [-0.05, 0) is 0 Å². The molecule has 2 aromatic rings. The molecule has 0 aromatic carbocycles. The molecule has 0 fully saturated rings. The number of anilines is 1. The third kappa shape index (κ3) is 2.02. The molecule has 0 aliphatic rings. The summed E-state index contributed by atoms with van der Waals surface area (Å²) < 4.78 is 5.18. The number of aromatic nitrogens is 4. The minimum absolute atomic E-state index is 0.0402. The zero-order valence-electron chi connectivity index (χ0n) is 8.49. The molecule has 0 spiro atoms. The molecule has 0 saturated heterocycles. The number of hydrogen-bond acceptors (Lipinski definition) is 6. The van der Waals surface area contributed by atoms with Gasteiger partial charge in [0, 0.05) is 6.54 Å². The van der Waals surface area contributed by atoms with Gasteiger partial charge < -0.3 is 21.2 Å². The molecule has 0 atom stereocenters. The summed E-state index contributed by atoms with van der Waals surface area (Å²) in [6.07, 6.45) is 0. The van der Waals surface area contributed by atoms with Gasteiger partial charge in [0.05, 0.1) is 6.61 Å². The summed E-state index contributed by atoms with van der Waals surface area (Å²) in [5, 5.41) is 0. The third-order valence-electron chi connectivity index (χ3n) is 1.93. The molecule has 8 nitrogen and oxygen atoms in total. The van der Waals surface area contributed by atoms with Crippen LogP contribution in [0.15, 0.2) is 4.79 Å². The Morgan fingerprint density at radius 1 is 1.31 bits per heavy atom. The number of imidazole rings is 1. The largest absolute Gasteiger partial charge is 0.372 e. The normalized spacial score (nSPS) is 11.1. The minimum Gasteiger partial charge on any atom is -0.372 e. The highest BCUT2D eigenvalue weighted by Gasteiger charge is 2.08. The smallest absolute Gasteiger partial charge is 0.278 e. The molecule has 0 radical (unpaired) electrons. The second-order valence-corrected chi connectivity index (χ2v) is 3.17. The standard InChI is InChI=1S/C8H12N6O2/c9-1-2-16-3-4-11-5-6(12-4)13-8(10)14-7(5)15/h1-3,9H2,(H4,10,11,12,13,14,15). The Kier molecular flexibility index (Phi) is 2.84. The Morgan fingerprint density at radius 3 is 2.88 bits per heavy atom. The van der Waals surface area contributed by atoms with Crippen molar-refractivity contribution in [3.63, 3.8) is 0 Å². The highest BCUT2D eigenvalue weighted by atomic mass is 16.5. The van der Waals surface area contributed by atoms with Crippen LogP contribution in [0.25, 0.3) is 11.2 Å². The fourth-order valence-electron chi connectivity index (χ4n) is 1.29. The van der Waals surface area contributed by atoms with Crippen LogP contribution in [-0.4, -0.2) is 33.1 Å². The van der Waals surface area contributed by atoms with Crippen molar-refractivity contribution in [1.29, 1.82) is 0 Å². The summed E-state index contributed by atoms with van der Waals surface area (Å²) in [5.74, 6) is 0.561. The summed E-state index contributed by atoms with van der Waals surface area (Å²) in [4.78, 5) is 24.6. The van der Waals surface area contributed by atoms with E-state index >= 15 is 0 Å². The number of H-pyrrole nitrogens is 2. The van der Waals surface area contributed by atoms with Crippen molar-refractivity contribution in [3.05, 3.63) is 16.2 Å². The zero-order valence-corrected chi connectivity index (χ0v) is 8.49. The molecule has 2 heterocycles. The van der Waals surface area contributed by atoms with Crippen LogP contribution in [-0.2, 0) is 11.3 Å². The molecule has 6 N–H and O–H groups in total. The number of aromatic amines is 2. The second kappa shape index (κ2) is 4.29. The van der Waals surface area contributed by atoms with Crippen molar-refractivity contribution in [2.45, 2.75) is 6.61 Å². The van der Waals surface area contributed by atoms with E-state index in [4.69, 9.17) is 16.2 Å². The maximum Gasteiger partial charge on any atom is 0.278 e. The van der Waals surface area contributed by atoms with Gasteiger partial charge in [-0.15, -0.1) is 0 Å². The van der Waals surface area contributed by atoms with E-state index < -0.39 is 0 Å². The highest BCUT2D eigenvalue weighted by Crippen LogP contribution is 2.05. The third-order valence-corrected chi connectivity index (χ3v) is 1.93. The van der Waals surface area contributed by atoms with Crippen molar-refractivity contribution in [3.8, 4) is 0 Å². The Labute approximate surface area is 90.0 Å². The first-order valence-electron chi connectivity index (χ1n) is 4.73. The highest BCUT2D eigenvalue weighted by molar-refractivity contribution is 5.70. The number of hydrogen-bond donors (Lipinski definition) is 4. The molecule has 16 heavy (non-hydrogen) atoms. The van der Waals surface area contributed by atoms with Crippen LogP contribution in [0.3, 0.4) is 0 Å². The lowest BCUT2D eigenvalue weighted by molar-refractivity contribution is 0.123. The molecule has 0 unspecified atom stereocenters. The van der Waals surface area contributed by atoms with E-state index in [9.17, 15) is 4.79 Å². The summed E-state index contributed by atoms with van der Waals surface area (Å²) in [7, 11) is 0. The van der Waals surface area contributed by atoms with Crippen molar-refractivity contribution in [1.82, 2.24) is 19.9 Å². The van der Waals surface area contributed by atoms with Crippen molar-refractivity contribution < 1.29 is 4.74 Å². The van der Waals surface area contributed by atoms with Gasteiger partial charge >= 0.3 is 0 Å². The number of ether oxygens (including phenoxy) is 1. The van der Waals surface area contributed by atoms with Crippen LogP contribution < -0.4 is 17.0 Å². The first-order valence-corrected chi connectivity index (χ1v) is 4.73. The number of rotatable bonds is 4. The van der Waals surface area contributed by atoms with Crippen molar-refractivity contribution in [2.24, 2.45) is 5.73 Å². The van der Waals surface area contributed by atoms with Crippen LogP contribution in [0.4, 0.5) is 5.95 Å². The van der Waals surface area contributed by atoms with Crippen LogP contribution in [0.1, 0.15) is 5.82 Å². The first kappa shape index (κ1) is 10.6. The SMILES string of the molecule is NCCOCc1nc2nc(N)[nH]c(=O)c2[nH]1. The average molecular weight is 224 g/mol. The minimum atomic E-state index is -0.347. The van der Waals surface area contributed by atoms with Gasteiger partial charge in [-0.1, -0.05) is 0 Å². The van der Waals surface area contributed by atoms with E-state index in [1.54, 1.807) is 0 Å². The monoisotopic (exact) mass is 224 g/mol. The summed E-state index contributed by atoms with van der Waals surface area (Å²) in [6.45, 7) is 1.13. The summed E-state index contributed by atoms with van der Waals surface area (Å²) in [5.41, 5.74) is 10.9. The maximum atomic E-state index is 11.4. The molecule has 0 aliphatic carbocycles. The molecule has 0 bridgehead atoms. The number of nitrogens with two attached hydrogens (primary N) is 2. The molecule has 2 rings (SSSR count). The predicted molar refractivity (Wildman–Crippen MR) is 57.6 cm³/mol. The average Bonchev–Trinajstić information content (AvgIpc) is 2.61. The van der Waals surface area contributed by atoms with Gasteiger partial charge in [-0.3, -0.25) is 9.78 Å². The fourth-order valence-corrected chi connectivity index (χ4v) is 1.29. The summed E-state index contributed by atoms with van der Waals surface area (Å²) in [6, 6.07) is 0. The maximum absolute atomic E-state index is 11.4. The molecular formula is C8H12N6O2. The Balaban J connectivity index is 2.29. The molecule has 0 saturated carbocycles. The number of nitrogens with one attached hydrogen (secondary N) is 2. The first-order chi connectivity index (χ1) is 7.70. The fraction of sp³-hybridized carbons (Fsp3) is 0.375.